The minimum atomic E-state index is -3.61. The van der Waals surface area contributed by atoms with Crippen molar-refractivity contribution < 1.29 is 13.2 Å². The molecule has 6 heteroatoms. The van der Waals surface area contributed by atoms with Crippen LogP contribution in [0.25, 0.3) is 0 Å². The first-order chi connectivity index (χ1) is 11.7. The van der Waals surface area contributed by atoms with Gasteiger partial charge in [0.2, 0.25) is 15.9 Å². The van der Waals surface area contributed by atoms with Crippen LogP contribution in [-0.4, -0.2) is 26.6 Å². The van der Waals surface area contributed by atoms with Crippen LogP contribution in [-0.2, 0) is 21.2 Å². The number of benzene rings is 2. The highest BCUT2D eigenvalue weighted by molar-refractivity contribution is 7.92. The Morgan fingerprint density at radius 3 is 2.44 bits per heavy atom. The van der Waals surface area contributed by atoms with Gasteiger partial charge in [0.05, 0.1) is 11.9 Å². The lowest BCUT2D eigenvalue weighted by Gasteiger charge is -2.28. The van der Waals surface area contributed by atoms with Gasteiger partial charge < -0.3 is 5.32 Å². The van der Waals surface area contributed by atoms with E-state index in [9.17, 15) is 13.2 Å². The molecular formula is C19H24N2O3S. The SMILES string of the molecule is CCc1ccccc1NC(=O)[C@@H](C)N(c1cccc(C)c1)S(C)(=O)=O. The highest BCUT2D eigenvalue weighted by atomic mass is 32.2. The Labute approximate surface area is 149 Å². The summed E-state index contributed by atoms with van der Waals surface area (Å²) in [4.78, 5) is 12.7. The second-order valence-electron chi connectivity index (χ2n) is 6.07. The summed E-state index contributed by atoms with van der Waals surface area (Å²) in [6.45, 7) is 5.48. The van der Waals surface area contributed by atoms with Crippen LogP contribution in [0.4, 0.5) is 11.4 Å². The van der Waals surface area contributed by atoms with Crippen molar-refractivity contribution in [2.75, 3.05) is 15.9 Å². The summed E-state index contributed by atoms with van der Waals surface area (Å²) >= 11 is 0. The molecule has 134 valence electrons. The van der Waals surface area contributed by atoms with Crippen molar-refractivity contribution >= 4 is 27.3 Å². The fourth-order valence-electron chi connectivity index (χ4n) is 2.76. The van der Waals surface area contributed by atoms with E-state index in [0.29, 0.717) is 11.4 Å². The van der Waals surface area contributed by atoms with Crippen LogP contribution in [0.1, 0.15) is 25.0 Å². The first kappa shape index (κ1) is 19.0. The van der Waals surface area contributed by atoms with Gasteiger partial charge in [0.25, 0.3) is 0 Å². The van der Waals surface area contributed by atoms with Gasteiger partial charge in [-0.05, 0) is 49.6 Å². The standard InChI is InChI=1S/C19H24N2O3S/c1-5-16-10-6-7-12-18(16)20-19(22)15(3)21(25(4,23)24)17-11-8-9-14(2)13-17/h6-13,15H,5H2,1-4H3,(H,20,22)/t15-/m1/s1. The van der Waals surface area contributed by atoms with Gasteiger partial charge in [0, 0.05) is 5.69 Å². The molecule has 0 spiro atoms. The Morgan fingerprint density at radius 1 is 1.16 bits per heavy atom. The van der Waals surface area contributed by atoms with Crippen molar-refractivity contribution in [1.29, 1.82) is 0 Å². The molecule has 2 aromatic carbocycles. The summed E-state index contributed by atoms with van der Waals surface area (Å²) in [5, 5.41) is 2.85. The minimum Gasteiger partial charge on any atom is -0.324 e. The van der Waals surface area contributed by atoms with Crippen LogP contribution < -0.4 is 9.62 Å². The van der Waals surface area contributed by atoms with Crippen molar-refractivity contribution in [2.45, 2.75) is 33.2 Å². The molecule has 0 aromatic heterocycles. The van der Waals surface area contributed by atoms with E-state index in [2.05, 4.69) is 5.32 Å². The van der Waals surface area contributed by atoms with E-state index in [1.54, 1.807) is 25.1 Å². The van der Waals surface area contributed by atoms with Crippen molar-refractivity contribution in [1.82, 2.24) is 0 Å². The lowest BCUT2D eigenvalue weighted by Crippen LogP contribution is -2.45. The number of hydrogen-bond donors (Lipinski definition) is 1. The van der Waals surface area contributed by atoms with E-state index >= 15 is 0 Å². The number of carbonyl (C=O) groups is 1. The Hall–Kier alpha value is -2.34. The highest BCUT2D eigenvalue weighted by Crippen LogP contribution is 2.23. The Kier molecular flexibility index (Phi) is 5.85. The Bertz CT molecular complexity index is 862. The maximum Gasteiger partial charge on any atom is 0.248 e. The fourth-order valence-corrected chi connectivity index (χ4v) is 3.93. The van der Waals surface area contributed by atoms with Gasteiger partial charge in [0.1, 0.15) is 6.04 Å². The Balaban J connectivity index is 2.33. The zero-order valence-corrected chi connectivity index (χ0v) is 15.8. The summed E-state index contributed by atoms with van der Waals surface area (Å²) < 4.78 is 25.8. The summed E-state index contributed by atoms with van der Waals surface area (Å²) in [6, 6.07) is 13.7. The number of sulfonamides is 1. The zero-order chi connectivity index (χ0) is 18.6. The minimum absolute atomic E-state index is 0.368. The molecule has 2 aromatic rings. The van der Waals surface area contributed by atoms with E-state index in [4.69, 9.17) is 0 Å². The second kappa shape index (κ2) is 7.70. The maximum absolute atomic E-state index is 12.7. The summed E-state index contributed by atoms with van der Waals surface area (Å²) in [5.41, 5.74) is 3.12. The molecule has 0 saturated heterocycles. The summed E-state index contributed by atoms with van der Waals surface area (Å²) in [7, 11) is -3.61. The number of amides is 1. The quantitative estimate of drug-likeness (QED) is 0.859. The molecule has 25 heavy (non-hydrogen) atoms. The molecule has 0 saturated carbocycles. The Morgan fingerprint density at radius 2 is 1.84 bits per heavy atom. The smallest absolute Gasteiger partial charge is 0.248 e. The molecule has 5 nitrogen and oxygen atoms in total. The van der Waals surface area contributed by atoms with Gasteiger partial charge in [0.15, 0.2) is 0 Å². The van der Waals surface area contributed by atoms with Crippen LogP contribution in [0.5, 0.6) is 0 Å². The number of para-hydroxylation sites is 1. The van der Waals surface area contributed by atoms with E-state index in [1.165, 1.54) is 0 Å². The number of aryl methyl sites for hydroxylation is 2. The number of carbonyl (C=O) groups excluding carboxylic acids is 1. The molecule has 0 fully saturated rings. The van der Waals surface area contributed by atoms with Crippen LogP contribution in [0, 0.1) is 6.92 Å². The first-order valence-corrected chi connectivity index (χ1v) is 10.0. The van der Waals surface area contributed by atoms with Gasteiger partial charge in [-0.1, -0.05) is 37.3 Å². The third-order valence-corrected chi connectivity index (χ3v) is 5.24. The number of nitrogens with one attached hydrogen (secondary N) is 1. The predicted molar refractivity (Wildman–Crippen MR) is 102 cm³/mol. The molecule has 1 amide bonds. The number of hydrogen-bond acceptors (Lipinski definition) is 3. The van der Waals surface area contributed by atoms with Gasteiger partial charge in [-0.3, -0.25) is 9.10 Å². The van der Waals surface area contributed by atoms with E-state index in [1.807, 2.05) is 44.2 Å². The lowest BCUT2D eigenvalue weighted by molar-refractivity contribution is -0.116. The molecule has 1 atom stereocenters. The van der Waals surface area contributed by atoms with E-state index < -0.39 is 16.1 Å². The zero-order valence-electron chi connectivity index (χ0n) is 15.0. The van der Waals surface area contributed by atoms with Crippen molar-refractivity contribution in [3.8, 4) is 0 Å². The van der Waals surface area contributed by atoms with Gasteiger partial charge in [-0.25, -0.2) is 8.42 Å². The summed E-state index contributed by atoms with van der Waals surface area (Å²) in [5.74, 6) is -0.368. The van der Waals surface area contributed by atoms with E-state index in [0.717, 1.165) is 28.1 Å². The topological polar surface area (TPSA) is 66.5 Å². The normalized spacial score (nSPS) is 12.5. The largest absolute Gasteiger partial charge is 0.324 e. The number of nitrogens with zero attached hydrogens (tertiary/aromatic N) is 1. The number of rotatable bonds is 6. The van der Waals surface area contributed by atoms with Crippen LogP contribution in [0.3, 0.4) is 0 Å². The molecular weight excluding hydrogens is 336 g/mol. The molecule has 1 N–H and O–H groups in total. The third kappa shape index (κ3) is 4.60. The van der Waals surface area contributed by atoms with Gasteiger partial charge in [-0.2, -0.15) is 0 Å². The highest BCUT2D eigenvalue weighted by Gasteiger charge is 2.29. The molecule has 0 unspecified atom stereocenters. The monoisotopic (exact) mass is 360 g/mol. The third-order valence-electron chi connectivity index (χ3n) is 4.00. The fraction of sp³-hybridized carbons (Fsp3) is 0.316. The summed E-state index contributed by atoms with van der Waals surface area (Å²) in [6.07, 6.45) is 1.89. The lowest BCUT2D eigenvalue weighted by atomic mass is 10.1. The first-order valence-electron chi connectivity index (χ1n) is 8.19. The molecule has 0 aliphatic carbocycles. The number of anilines is 2. The maximum atomic E-state index is 12.7. The van der Waals surface area contributed by atoms with Crippen molar-refractivity contribution in [3.63, 3.8) is 0 Å². The van der Waals surface area contributed by atoms with Gasteiger partial charge in [-0.15, -0.1) is 0 Å². The molecule has 0 radical (unpaired) electrons. The molecule has 0 aliphatic rings. The van der Waals surface area contributed by atoms with Gasteiger partial charge >= 0.3 is 0 Å². The van der Waals surface area contributed by atoms with Crippen LogP contribution in [0.2, 0.25) is 0 Å². The average molecular weight is 360 g/mol. The molecule has 0 aliphatic heterocycles. The molecule has 0 heterocycles. The molecule has 2 rings (SSSR count). The molecule has 0 bridgehead atoms. The predicted octanol–water partition coefficient (Wildman–Crippen LogP) is 3.35. The average Bonchev–Trinajstić information content (AvgIpc) is 2.54. The van der Waals surface area contributed by atoms with Crippen LogP contribution in [0.15, 0.2) is 48.5 Å². The van der Waals surface area contributed by atoms with E-state index in [-0.39, 0.29) is 5.91 Å². The second-order valence-corrected chi connectivity index (χ2v) is 7.93. The van der Waals surface area contributed by atoms with Crippen molar-refractivity contribution in [2.24, 2.45) is 0 Å². The van der Waals surface area contributed by atoms with Crippen LogP contribution >= 0.6 is 0 Å². The van der Waals surface area contributed by atoms with Crippen molar-refractivity contribution in [3.05, 3.63) is 59.7 Å².